The van der Waals surface area contributed by atoms with Crippen LogP contribution in [0.3, 0.4) is 0 Å². The van der Waals surface area contributed by atoms with Crippen molar-refractivity contribution in [2.24, 2.45) is 0 Å². The maximum absolute atomic E-state index is 11.8. The minimum absolute atomic E-state index is 0.0921. The van der Waals surface area contributed by atoms with E-state index in [0.29, 0.717) is 5.02 Å². The van der Waals surface area contributed by atoms with Crippen LogP contribution in [0.15, 0.2) is 42.5 Å². The van der Waals surface area contributed by atoms with Crippen molar-refractivity contribution >= 4 is 28.9 Å². The molecule has 1 amide bonds. The molecule has 0 aliphatic carbocycles. The Hall–Kier alpha value is -2.00. The number of benzene rings is 2. The number of aryl methyl sites for hydroxylation is 2. The molecule has 0 radical (unpaired) electrons. The number of rotatable bonds is 4. The van der Waals surface area contributed by atoms with E-state index in [2.05, 4.69) is 10.6 Å². The van der Waals surface area contributed by atoms with Crippen LogP contribution in [0.5, 0.6) is 0 Å². The molecule has 0 aliphatic rings. The highest BCUT2D eigenvalue weighted by atomic mass is 35.5. The highest BCUT2D eigenvalue weighted by molar-refractivity contribution is 6.31. The molecule has 20 heavy (non-hydrogen) atoms. The maximum atomic E-state index is 11.8. The van der Waals surface area contributed by atoms with E-state index in [0.717, 1.165) is 22.5 Å². The summed E-state index contributed by atoms with van der Waals surface area (Å²) in [5, 5.41) is 6.57. The Bertz CT molecular complexity index is 608. The zero-order valence-electron chi connectivity index (χ0n) is 11.5. The summed E-state index contributed by atoms with van der Waals surface area (Å²) < 4.78 is 0. The van der Waals surface area contributed by atoms with E-state index in [4.69, 9.17) is 11.6 Å². The molecule has 0 fully saturated rings. The molecular weight excluding hydrogens is 272 g/mol. The van der Waals surface area contributed by atoms with Gasteiger partial charge in [0.1, 0.15) is 0 Å². The van der Waals surface area contributed by atoms with Crippen LogP contribution in [0.2, 0.25) is 5.02 Å². The first-order valence-corrected chi connectivity index (χ1v) is 6.79. The summed E-state index contributed by atoms with van der Waals surface area (Å²) in [5.74, 6) is -0.0921. The number of carbonyl (C=O) groups is 1. The average molecular weight is 289 g/mol. The van der Waals surface area contributed by atoms with Gasteiger partial charge >= 0.3 is 0 Å². The lowest BCUT2D eigenvalue weighted by Crippen LogP contribution is -2.21. The second-order valence-electron chi connectivity index (χ2n) is 4.73. The lowest BCUT2D eigenvalue weighted by Gasteiger charge is -2.09. The standard InChI is InChI=1S/C16H17ClN2O/c1-11-3-6-13(7-4-11)19-16(20)10-18-14-8-5-12(2)15(17)9-14/h3-9,18H,10H2,1-2H3,(H,19,20). The molecular formula is C16H17ClN2O. The van der Waals surface area contributed by atoms with E-state index in [9.17, 15) is 4.79 Å². The first kappa shape index (κ1) is 14.4. The smallest absolute Gasteiger partial charge is 0.243 e. The van der Waals surface area contributed by atoms with Crippen LogP contribution in [0.25, 0.3) is 0 Å². The van der Waals surface area contributed by atoms with E-state index in [1.54, 1.807) is 0 Å². The van der Waals surface area contributed by atoms with Crippen molar-refractivity contribution in [2.75, 3.05) is 17.2 Å². The molecule has 0 heterocycles. The Labute approximate surface area is 124 Å². The molecule has 104 valence electrons. The van der Waals surface area contributed by atoms with Gasteiger partial charge in [-0.1, -0.05) is 35.4 Å². The third-order valence-electron chi connectivity index (χ3n) is 2.96. The fourth-order valence-corrected chi connectivity index (χ4v) is 1.91. The molecule has 0 aliphatic heterocycles. The van der Waals surface area contributed by atoms with Crippen LogP contribution in [-0.4, -0.2) is 12.5 Å². The Balaban J connectivity index is 1.88. The van der Waals surface area contributed by atoms with Crippen LogP contribution < -0.4 is 10.6 Å². The Kier molecular flexibility index (Phi) is 4.64. The van der Waals surface area contributed by atoms with Gasteiger partial charge in [0.05, 0.1) is 6.54 Å². The molecule has 0 saturated heterocycles. The van der Waals surface area contributed by atoms with Crippen molar-refractivity contribution in [3.63, 3.8) is 0 Å². The number of amides is 1. The number of anilines is 2. The van der Waals surface area contributed by atoms with Crippen molar-refractivity contribution in [1.82, 2.24) is 0 Å². The lowest BCUT2D eigenvalue weighted by molar-refractivity contribution is -0.114. The molecule has 2 aromatic rings. The third-order valence-corrected chi connectivity index (χ3v) is 3.37. The van der Waals surface area contributed by atoms with Gasteiger partial charge < -0.3 is 10.6 Å². The highest BCUT2D eigenvalue weighted by Gasteiger charge is 2.03. The van der Waals surface area contributed by atoms with E-state index < -0.39 is 0 Å². The molecule has 4 heteroatoms. The Morgan fingerprint density at radius 2 is 1.70 bits per heavy atom. The number of halogens is 1. The predicted octanol–water partition coefficient (Wildman–Crippen LogP) is 4.01. The van der Waals surface area contributed by atoms with Gasteiger partial charge in [0.15, 0.2) is 0 Å². The highest BCUT2D eigenvalue weighted by Crippen LogP contribution is 2.19. The monoisotopic (exact) mass is 288 g/mol. The first-order valence-electron chi connectivity index (χ1n) is 6.41. The van der Waals surface area contributed by atoms with Crippen LogP contribution >= 0.6 is 11.6 Å². The van der Waals surface area contributed by atoms with Gasteiger partial charge in [0.25, 0.3) is 0 Å². The van der Waals surface area contributed by atoms with Crippen LogP contribution in [0.4, 0.5) is 11.4 Å². The molecule has 3 nitrogen and oxygen atoms in total. The van der Waals surface area contributed by atoms with Gasteiger partial charge in [0.2, 0.25) is 5.91 Å². The van der Waals surface area contributed by atoms with Gasteiger partial charge in [-0.2, -0.15) is 0 Å². The van der Waals surface area contributed by atoms with Crippen LogP contribution in [-0.2, 0) is 4.79 Å². The second-order valence-corrected chi connectivity index (χ2v) is 5.14. The zero-order chi connectivity index (χ0) is 14.5. The van der Waals surface area contributed by atoms with Crippen molar-refractivity contribution in [2.45, 2.75) is 13.8 Å². The summed E-state index contributed by atoms with van der Waals surface area (Å²) >= 11 is 6.03. The zero-order valence-corrected chi connectivity index (χ0v) is 12.3. The molecule has 0 spiro atoms. The average Bonchev–Trinajstić information content (AvgIpc) is 2.43. The summed E-state index contributed by atoms with van der Waals surface area (Å²) in [4.78, 5) is 11.8. The molecule has 0 atom stereocenters. The van der Waals surface area contributed by atoms with Crippen molar-refractivity contribution in [1.29, 1.82) is 0 Å². The SMILES string of the molecule is Cc1ccc(NC(=O)CNc2ccc(C)c(Cl)c2)cc1. The minimum atomic E-state index is -0.0921. The molecule has 2 N–H and O–H groups in total. The van der Waals surface area contributed by atoms with Gasteiger partial charge in [-0.15, -0.1) is 0 Å². The molecule has 0 saturated carbocycles. The first-order chi connectivity index (χ1) is 9.54. The fraction of sp³-hybridized carbons (Fsp3) is 0.188. The van der Waals surface area contributed by atoms with Gasteiger partial charge in [-0.3, -0.25) is 4.79 Å². The van der Waals surface area contributed by atoms with Crippen molar-refractivity contribution in [3.05, 3.63) is 58.6 Å². The van der Waals surface area contributed by atoms with Crippen molar-refractivity contribution < 1.29 is 4.79 Å². The summed E-state index contributed by atoms with van der Waals surface area (Å²) in [7, 11) is 0. The van der Waals surface area contributed by atoms with Crippen LogP contribution in [0, 0.1) is 13.8 Å². The molecule has 0 bridgehead atoms. The maximum Gasteiger partial charge on any atom is 0.243 e. The summed E-state index contributed by atoms with van der Waals surface area (Å²) in [5.41, 5.74) is 3.81. The number of carbonyl (C=O) groups excluding carboxylic acids is 1. The minimum Gasteiger partial charge on any atom is -0.376 e. The molecule has 0 aromatic heterocycles. The second kappa shape index (κ2) is 6.44. The molecule has 0 unspecified atom stereocenters. The van der Waals surface area contributed by atoms with E-state index in [1.807, 2.05) is 56.3 Å². The van der Waals surface area contributed by atoms with Crippen molar-refractivity contribution in [3.8, 4) is 0 Å². The fourth-order valence-electron chi connectivity index (χ4n) is 1.73. The molecule has 2 rings (SSSR count). The Morgan fingerprint density at radius 3 is 2.35 bits per heavy atom. The Morgan fingerprint density at radius 1 is 1.05 bits per heavy atom. The summed E-state index contributed by atoms with van der Waals surface area (Å²) in [6.45, 7) is 4.15. The van der Waals surface area contributed by atoms with E-state index in [1.165, 1.54) is 0 Å². The normalized spacial score (nSPS) is 10.2. The number of hydrogen-bond donors (Lipinski definition) is 2. The number of hydrogen-bond acceptors (Lipinski definition) is 2. The lowest BCUT2D eigenvalue weighted by atomic mass is 10.2. The molecule has 2 aromatic carbocycles. The van der Waals surface area contributed by atoms with Gasteiger partial charge in [-0.25, -0.2) is 0 Å². The van der Waals surface area contributed by atoms with Crippen LogP contribution in [0.1, 0.15) is 11.1 Å². The number of nitrogens with one attached hydrogen (secondary N) is 2. The largest absolute Gasteiger partial charge is 0.376 e. The van der Waals surface area contributed by atoms with Gasteiger partial charge in [0, 0.05) is 16.4 Å². The summed E-state index contributed by atoms with van der Waals surface area (Å²) in [6.07, 6.45) is 0. The third kappa shape index (κ3) is 4.00. The van der Waals surface area contributed by atoms with Gasteiger partial charge in [-0.05, 0) is 43.7 Å². The summed E-state index contributed by atoms with van der Waals surface area (Å²) in [6, 6.07) is 13.3. The van der Waals surface area contributed by atoms with E-state index >= 15 is 0 Å². The predicted molar refractivity (Wildman–Crippen MR) is 84.5 cm³/mol. The quantitative estimate of drug-likeness (QED) is 0.892. The topological polar surface area (TPSA) is 41.1 Å². The van der Waals surface area contributed by atoms with E-state index in [-0.39, 0.29) is 12.5 Å².